The molecule has 1 aliphatic carbocycles. The molecule has 2 saturated heterocycles. The van der Waals surface area contributed by atoms with Crippen molar-refractivity contribution in [1.82, 2.24) is 24.3 Å². The molecule has 208 valence electrons. The van der Waals surface area contributed by atoms with Crippen molar-refractivity contribution in [3.05, 3.63) is 36.5 Å². The van der Waals surface area contributed by atoms with Gasteiger partial charge in [0.2, 0.25) is 0 Å². The third-order valence-electron chi connectivity index (χ3n) is 8.25. The number of carbonyl (C=O) groups excluding carboxylic acids is 1. The van der Waals surface area contributed by atoms with E-state index in [1.54, 1.807) is 17.0 Å². The largest absolute Gasteiger partial charge is 0.491 e. The summed E-state index contributed by atoms with van der Waals surface area (Å²) < 4.78 is 33.8. The highest BCUT2D eigenvalue weighted by atomic mass is 19.1. The first-order valence-corrected chi connectivity index (χ1v) is 13.7. The van der Waals surface area contributed by atoms with Gasteiger partial charge in [-0.05, 0) is 49.8 Å². The molecule has 0 radical (unpaired) electrons. The number of benzene rings is 1. The molecule has 3 aromatic rings. The lowest BCUT2D eigenvalue weighted by atomic mass is 9.79. The molecule has 1 saturated carbocycles. The molecule has 6 rings (SSSR count). The molecule has 3 fully saturated rings. The van der Waals surface area contributed by atoms with E-state index in [2.05, 4.69) is 19.4 Å². The maximum atomic E-state index is 15.2. The minimum Gasteiger partial charge on any atom is -0.491 e. The van der Waals surface area contributed by atoms with Gasteiger partial charge >= 0.3 is 6.09 Å². The van der Waals surface area contributed by atoms with Crippen LogP contribution >= 0.6 is 0 Å². The number of anilines is 1. The van der Waals surface area contributed by atoms with Crippen LogP contribution in [0.15, 0.2) is 30.7 Å². The minimum absolute atomic E-state index is 0.0766. The van der Waals surface area contributed by atoms with Crippen molar-refractivity contribution in [3.8, 4) is 16.9 Å². The first-order valence-electron chi connectivity index (χ1n) is 13.7. The van der Waals surface area contributed by atoms with E-state index in [1.807, 2.05) is 6.20 Å². The van der Waals surface area contributed by atoms with Crippen LogP contribution in [0.3, 0.4) is 0 Å². The topological polar surface area (TPSA) is 108 Å². The molecule has 1 aromatic carbocycles. The average Bonchev–Trinajstić information content (AvgIpc) is 3.59. The summed E-state index contributed by atoms with van der Waals surface area (Å²) in [4.78, 5) is 24.7. The minimum atomic E-state index is -0.348. The summed E-state index contributed by atoms with van der Waals surface area (Å²) in [6, 6.07) is 5.06. The lowest BCUT2D eigenvalue weighted by Crippen LogP contribution is -2.50. The highest BCUT2D eigenvalue weighted by Crippen LogP contribution is 2.44. The lowest BCUT2D eigenvalue weighted by Gasteiger charge is -2.41. The number of nitrogens with two attached hydrogens (primary N) is 1. The maximum Gasteiger partial charge on any atom is 0.409 e. The number of piperazine rings is 1. The lowest BCUT2D eigenvalue weighted by molar-refractivity contribution is 0.0679. The number of aromatic nitrogens is 3. The number of nitrogen functional groups attached to an aromatic ring is 1. The first kappa shape index (κ1) is 25.8. The third-order valence-corrected chi connectivity index (χ3v) is 8.25. The van der Waals surface area contributed by atoms with E-state index in [9.17, 15) is 4.79 Å². The van der Waals surface area contributed by atoms with Crippen molar-refractivity contribution in [2.45, 2.75) is 37.8 Å². The Bertz CT molecular complexity index is 1330. The van der Waals surface area contributed by atoms with Gasteiger partial charge in [0.05, 0.1) is 18.6 Å². The Balaban J connectivity index is 1.17. The van der Waals surface area contributed by atoms with Crippen molar-refractivity contribution in [3.63, 3.8) is 0 Å². The molecule has 39 heavy (non-hydrogen) atoms. The van der Waals surface area contributed by atoms with Crippen LogP contribution in [0.4, 0.5) is 15.0 Å². The van der Waals surface area contributed by atoms with Crippen LogP contribution in [0.2, 0.25) is 0 Å². The van der Waals surface area contributed by atoms with Gasteiger partial charge in [-0.3, -0.25) is 4.90 Å². The van der Waals surface area contributed by atoms with Crippen LogP contribution < -0.4 is 10.5 Å². The van der Waals surface area contributed by atoms with Gasteiger partial charge in [0, 0.05) is 62.7 Å². The molecule has 1 amide bonds. The second kappa shape index (κ2) is 11.0. The Morgan fingerprint density at radius 2 is 2.00 bits per heavy atom. The van der Waals surface area contributed by atoms with E-state index in [1.165, 1.54) is 19.5 Å². The monoisotopic (exact) mass is 538 g/mol. The standard InChI is InChI=1S/C28H35FN6O4/c1-37-28(36)34-8-6-33(7-9-34)14-18-11-19(12-18)35-15-23(25-26(30)31-17-32-27(25)35)22-13-20(4-5-24(22)29)39-16-21-3-2-10-38-21/h4-5,13,15,17-19,21H,2-3,6-12,14,16H2,1H3,(H2,30,31,32)/t18?,19?,21-/m0/s1. The molecule has 2 N–H and O–H groups in total. The number of carbonyl (C=O) groups is 1. The summed E-state index contributed by atoms with van der Waals surface area (Å²) in [5.74, 6) is 1.12. The van der Waals surface area contributed by atoms with Gasteiger partial charge in [-0.1, -0.05) is 0 Å². The quantitative estimate of drug-likeness (QED) is 0.485. The van der Waals surface area contributed by atoms with E-state index < -0.39 is 0 Å². The molecule has 1 atom stereocenters. The summed E-state index contributed by atoms with van der Waals surface area (Å²) in [5.41, 5.74) is 8.12. The molecule has 10 nitrogen and oxygen atoms in total. The van der Waals surface area contributed by atoms with Gasteiger partial charge in [-0.15, -0.1) is 0 Å². The van der Waals surface area contributed by atoms with Crippen LogP contribution in [0, 0.1) is 11.7 Å². The first-order chi connectivity index (χ1) is 19.0. The summed E-state index contributed by atoms with van der Waals surface area (Å²) in [7, 11) is 1.42. The van der Waals surface area contributed by atoms with E-state index in [4.69, 9.17) is 19.9 Å². The van der Waals surface area contributed by atoms with Gasteiger partial charge in [-0.25, -0.2) is 19.2 Å². The highest BCUT2D eigenvalue weighted by molar-refractivity contribution is 6.01. The van der Waals surface area contributed by atoms with Gasteiger partial charge in [-0.2, -0.15) is 0 Å². The second-order valence-corrected chi connectivity index (χ2v) is 10.7. The fourth-order valence-corrected chi connectivity index (χ4v) is 6.04. The van der Waals surface area contributed by atoms with Crippen LogP contribution in [0.25, 0.3) is 22.2 Å². The number of amides is 1. The number of nitrogens with zero attached hydrogens (tertiary/aromatic N) is 5. The summed E-state index contributed by atoms with van der Waals surface area (Å²) in [6.45, 7) is 5.27. The fraction of sp³-hybridized carbons (Fsp3) is 0.536. The molecular formula is C28H35FN6O4. The number of ether oxygens (including phenoxy) is 3. The number of halogens is 1. The Morgan fingerprint density at radius 3 is 2.74 bits per heavy atom. The van der Waals surface area contributed by atoms with E-state index in [0.29, 0.717) is 53.7 Å². The molecule has 2 aliphatic heterocycles. The predicted molar refractivity (Wildman–Crippen MR) is 144 cm³/mol. The van der Waals surface area contributed by atoms with Gasteiger partial charge in [0.1, 0.15) is 36.0 Å². The maximum absolute atomic E-state index is 15.2. The van der Waals surface area contributed by atoms with E-state index >= 15 is 4.39 Å². The zero-order chi connectivity index (χ0) is 26.9. The zero-order valence-corrected chi connectivity index (χ0v) is 22.2. The molecule has 4 heterocycles. The highest BCUT2D eigenvalue weighted by Gasteiger charge is 2.35. The smallest absolute Gasteiger partial charge is 0.409 e. The van der Waals surface area contributed by atoms with Gasteiger partial charge in [0.15, 0.2) is 0 Å². The molecule has 0 unspecified atom stereocenters. The number of hydrogen-bond acceptors (Lipinski definition) is 8. The Labute approximate surface area is 226 Å². The molecular weight excluding hydrogens is 503 g/mol. The SMILES string of the molecule is COC(=O)N1CCN(CC2CC(n3cc(-c4cc(OC[C@@H]5CCCO5)ccc4F)c4c(N)ncnc43)C2)CC1. The second-order valence-electron chi connectivity index (χ2n) is 10.7. The number of methoxy groups -OCH3 is 1. The third kappa shape index (κ3) is 5.25. The predicted octanol–water partition coefficient (Wildman–Crippen LogP) is 3.71. The molecule has 0 bridgehead atoms. The van der Waals surface area contributed by atoms with Crippen LogP contribution in [0.1, 0.15) is 31.7 Å². The Morgan fingerprint density at radius 1 is 1.18 bits per heavy atom. The van der Waals surface area contributed by atoms with Crippen molar-refractivity contribution in [2.75, 3.05) is 58.8 Å². The van der Waals surface area contributed by atoms with Crippen LogP contribution in [-0.4, -0.2) is 89.6 Å². The average molecular weight is 539 g/mol. The number of hydrogen-bond donors (Lipinski definition) is 1. The number of fused-ring (bicyclic) bond motifs is 1. The molecule has 3 aliphatic rings. The van der Waals surface area contributed by atoms with Gasteiger partial charge < -0.3 is 29.4 Å². The Hall–Kier alpha value is -3.44. The van der Waals surface area contributed by atoms with Gasteiger partial charge in [0.25, 0.3) is 0 Å². The normalized spacial score (nSPS) is 23.6. The summed E-state index contributed by atoms with van der Waals surface area (Å²) in [5, 5.41) is 0.662. The van der Waals surface area contributed by atoms with Crippen LogP contribution in [0.5, 0.6) is 5.75 Å². The summed E-state index contributed by atoms with van der Waals surface area (Å²) >= 11 is 0. The fourth-order valence-electron chi connectivity index (χ4n) is 6.04. The Kier molecular flexibility index (Phi) is 7.26. The number of rotatable bonds is 7. The van der Waals surface area contributed by atoms with E-state index in [-0.39, 0.29) is 24.1 Å². The van der Waals surface area contributed by atoms with Crippen LogP contribution in [-0.2, 0) is 9.47 Å². The van der Waals surface area contributed by atoms with Crippen molar-refractivity contribution in [2.24, 2.45) is 5.92 Å². The van der Waals surface area contributed by atoms with E-state index in [0.717, 1.165) is 57.6 Å². The molecule has 2 aromatic heterocycles. The van der Waals surface area contributed by atoms with Crippen molar-refractivity contribution in [1.29, 1.82) is 0 Å². The molecule has 0 spiro atoms. The van der Waals surface area contributed by atoms with Crippen molar-refractivity contribution >= 4 is 22.9 Å². The zero-order valence-electron chi connectivity index (χ0n) is 22.2. The molecule has 11 heteroatoms. The van der Waals surface area contributed by atoms with Crippen molar-refractivity contribution < 1.29 is 23.4 Å². The summed E-state index contributed by atoms with van der Waals surface area (Å²) in [6.07, 6.45) is 7.26.